The molecule has 0 spiro atoms. The second-order valence-corrected chi connectivity index (χ2v) is 20.3. The van der Waals surface area contributed by atoms with E-state index in [1.807, 2.05) is 38.2 Å². The van der Waals surface area contributed by atoms with Crippen LogP contribution in [0.15, 0.2) is 72.9 Å². The maximum atomic E-state index is 14.7. The molecule has 6 bridgehead atoms. The first-order valence-corrected chi connectivity index (χ1v) is 23.9. The number of hydrogen-bond donors (Lipinski definition) is 2. The number of benzene rings is 2. The number of ether oxygens (including phenoxy) is 1. The van der Waals surface area contributed by atoms with Gasteiger partial charge in [-0.3, -0.25) is 34.0 Å². The summed E-state index contributed by atoms with van der Waals surface area (Å²) in [6.07, 6.45) is 6.33. The van der Waals surface area contributed by atoms with Crippen LogP contribution in [-0.2, 0) is 41.6 Å². The summed E-state index contributed by atoms with van der Waals surface area (Å²) in [7, 11) is 1.58. The number of esters is 1. The molecule has 0 unspecified atom stereocenters. The second-order valence-electron chi connectivity index (χ2n) is 20.3. The highest BCUT2D eigenvalue weighted by Gasteiger charge is 2.40. The number of carbonyl (C=O) groups is 5. The van der Waals surface area contributed by atoms with E-state index >= 15 is 0 Å². The number of rotatable bonds is 10. The number of hydrogen-bond acceptors (Lipinski definition) is 8. The number of cyclic esters (lactones) is 1. The molecule has 2 aromatic heterocycles. The Bertz CT molecular complexity index is 2530. The van der Waals surface area contributed by atoms with Gasteiger partial charge in [-0.05, 0) is 104 Å². The molecule has 14 heteroatoms. The van der Waals surface area contributed by atoms with E-state index in [4.69, 9.17) is 9.72 Å². The maximum absolute atomic E-state index is 14.7. The Morgan fingerprint density at radius 3 is 2.48 bits per heavy atom. The van der Waals surface area contributed by atoms with Crippen molar-refractivity contribution in [1.82, 2.24) is 35.1 Å². The van der Waals surface area contributed by atoms with E-state index in [2.05, 4.69) is 93.3 Å². The van der Waals surface area contributed by atoms with E-state index in [0.29, 0.717) is 38.8 Å². The summed E-state index contributed by atoms with van der Waals surface area (Å²) in [6.45, 7) is 16.9. The number of alkyl halides is 1. The van der Waals surface area contributed by atoms with Gasteiger partial charge in [-0.25, -0.2) is 9.82 Å². The Morgan fingerprint density at radius 1 is 1.00 bits per heavy atom. The van der Waals surface area contributed by atoms with E-state index in [0.717, 1.165) is 56.2 Å². The van der Waals surface area contributed by atoms with Crippen molar-refractivity contribution in [3.8, 4) is 22.4 Å². The van der Waals surface area contributed by atoms with Crippen molar-refractivity contribution in [2.24, 2.45) is 17.3 Å². The first kappa shape index (κ1) is 49.0. The lowest BCUT2D eigenvalue weighted by atomic mass is 9.83. The topological polar surface area (TPSA) is 146 Å². The Balaban J connectivity index is 1.27. The van der Waals surface area contributed by atoms with Gasteiger partial charge in [-0.1, -0.05) is 71.9 Å². The monoisotopic (exact) mass is 918 g/mol. The number of pyridine rings is 1. The number of carbonyl (C=O) groups excluding carboxylic acids is 5. The molecule has 2 N–H and O–H groups in total. The van der Waals surface area contributed by atoms with Crippen LogP contribution in [0.25, 0.3) is 33.3 Å². The lowest BCUT2D eigenvalue weighted by molar-refractivity contribution is -0.155. The molecule has 4 atom stereocenters. The van der Waals surface area contributed by atoms with Crippen molar-refractivity contribution in [2.45, 2.75) is 118 Å². The fourth-order valence-corrected chi connectivity index (χ4v) is 10.2. The van der Waals surface area contributed by atoms with Crippen molar-refractivity contribution >= 4 is 40.5 Å². The van der Waals surface area contributed by atoms with E-state index < -0.39 is 53.9 Å². The Kier molecular flexibility index (Phi) is 15.0. The number of aromatic nitrogens is 2. The van der Waals surface area contributed by atoms with Crippen LogP contribution in [0.1, 0.15) is 103 Å². The number of nitrogens with one attached hydrogen (secondary N) is 2. The third-order valence-electron chi connectivity index (χ3n) is 13.4. The predicted octanol–water partition coefficient (Wildman–Crippen LogP) is 7.58. The number of amides is 4. The van der Waals surface area contributed by atoms with Gasteiger partial charge in [0.15, 0.2) is 0 Å². The maximum Gasteiger partial charge on any atom is 0.324 e. The molecule has 3 aliphatic heterocycles. The summed E-state index contributed by atoms with van der Waals surface area (Å²) in [5, 5.41) is 5.58. The van der Waals surface area contributed by atoms with Crippen molar-refractivity contribution in [2.75, 3.05) is 40.0 Å². The van der Waals surface area contributed by atoms with Gasteiger partial charge in [-0.15, -0.1) is 0 Å². The molecule has 358 valence electrons. The Labute approximate surface area is 394 Å². The average molecular weight is 918 g/mol. The normalized spacial score (nSPS) is 20.7. The number of nitrogens with zero attached hydrogens (tertiary/aromatic N) is 5. The van der Waals surface area contributed by atoms with Gasteiger partial charge in [-0.2, -0.15) is 0 Å². The standard InChI is InChI=1S/C53H68FN7O6/c1-32(2)46-39(16-12-23-55-46)48-41-29-53(7,8)31-67-52(66)42-17-13-24-60(57-42)51(65)43(27-35-14-10-15-36(26-35)37-19-20-44(40(41)28-37)61(48)34(5)6)56-49(63)47(33(3)4)58(9)50(64)38-21-25-59(30-38)45(62)18-11-22-54/h10-12,14-16,18-20,23,26,28,32-34,38,42-43,47,57H,13,17,21-22,24-25,27,29-31H2,1-9H3,(H,56,63)/b18-11+/t38-,42-,43-,47-/m0/s1. The Morgan fingerprint density at radius 2 is 1.76 bits per heavy atom. The summed E-state index contributed by atoms with van der Waals surface area (Å²) in [6, 6.07) is 16.1. The van der Waals surface area contributed by atoms with Gasteiger partial charge in [0.25, 0.3) is 5.91 Å². The van der Waals surface area contributed by atoms with Gasteiger partial charge < -0.3 is 24.4 Å². The summed E-state index contributed by atoms with van der Waals surface area (Å²) < 4.78 is 21.3. The lowest BCUT2D eigenvalue weighted by Gasteiger charge is -2.37. The minimum absolute atomic E-state index is 0.113. The number of allylic oxidation sites excluding steroid dienone is 1. The lowest BCUT2D eigenvalue weighted by Crippen LogP contribution is -2.62. The molecule has 0 aliphatic carbocycles. The molecule has 2 fully saturated rings. The Hall–Kier alpha value is -5.89. The molecule has 4 amide bonds. The summed E-state index contributed by atoms with van der Waals surface area (Å²) in [5.74, 6) is -2.71. The van der Waals surface area contributed by atoms with Crippen LogP contribution in [0.2, 0.25) is 0 Å². The van der Waals surface area contributed by atoms with Crippen molar-refractivity contribution < 1.29 is 33.1 Å². The largest absolute Gasteiger partial charge is 0.464 e. The average Bonchev–Trinajstić information content (AvgIpc) is 3.92. The number of likely N-dealkylation sites (tertiary alicyclic amines) is 1. The molecule has 5 heterocycles. The highest BCUT2D eigenvalue weighted by Crippen LogP contribution is 2.43. The van der Waals surface area contributed by atoms with Crippen LogP contribution in [0, 0.1) is 17.3 Å². The molecule has 2 aromatic carbocycles. The molecular formula is C53H68FN7O6. The van der Waals surface area contributed by atoms with Crippen LogP contribution in [0.5, 0.6) is 0 Å². The van der Waals surface area contributed by atoms with E-state index in [1.165, 1.54) is 20.9 Å². The van der Waals surface area contributed by atoms with Crippen molar-refractivity contribution in [1.29, 1.82) is 0 Å². The smallest absolute Gasteiger partial charge is 0.324 e. The van der Waals surface area contributed by atoms with Gasteiger partial charge in [0.05, 0.1) is 23.9 Å². The fourth-order valence-electron chi connectivity index (χ4n) is 10.2. The van der Waals surface area contributed by atoms with Gasteiger partial charge >= 0.3 is 5.97 Å². The van der Waals surface area contributed by atoms with Gasteiger partial charge in [0.2, 0.25) is 17.7 Å². The summed E-state index contributed by atoms with van der Waals surface area (Å²) in [4.78, 5) is 77.6. The van der Waals surface area contributed by atoms with Crippen LogP contribution in [-0.4, -0.2) is 112 Å². The molecule has 3 aliphatic rings. The minimum Gasteiger partial charge on any atom is -0.464 e. The molecule has 4 aromatic rings. The molecule has 0 saturated carbocycles. The third-order valence-corrected chi connectivity index (χ3v) is 13.4. The van der Waals surface area contributed by atoms with Crippen LogP contribution < -0.4 is 10.7 Å². The molecule has 67 heavy (non-hydrogen) atoms. The predicted molar refractivity (Wildman–Crippen MR) is 258 cm³/mol. The zero-order valence-electron chi connectivity index (χ0n) is 40.6. The highest BCUT2D eigenvalue weighted by atomic mass is 19.1. The van der Waals surface area contributed by atoms with Crippen molar-refractivity contribution in [3.63, 3.8) is 0 Å². The molecule has 7 rings (SSSR count). The van der Waals surface area contributed by atoms with Crippen LogP contribution in [0.4, 0.5) is 4.39 Å². The zero-order chi connectivity index (χ0) is 48.3. The molecule has 13 nitrogen and oxygen atoms in total. The molecule has 0 radical (unpaired) electrons. The second kappa shape index (κ2) is 20.5. The van der Waals surface area contributed by atoms with E-state index in [1.54, 1.807) is 7.05 Å². The highest BCUT2D eigenvalue weighted by molar-refractivity contribution is 5.96. The quantitative estimate of drug-likeness (QED) is 0.122. The van der Waals surface area contributed by atoms with Crippen LogP contribution >= 0.6 is 0 Å². The van der Waals surface area contributed by atoms with Gasteiger partial charge in [0.1, 0.15) is 24.8 Å². The number of halogens is 1. The molecular weight excluding hydrogens is 850 g/mol. The first-order valence-electron chi connectivity index (χ1n) is 23.9. The van der Waals surface area contributed by atoms with Gasteiger partial charge in [0, 0.05) is 73.3 Å². The van der Waals surface area contributed by atoms with Crippen LogP contribution in [0.3, 0.4) is 0 Å². The number of fused-ring (bicyclic) bond motifs is 6. The number of likely N-dealkylation sites (N-methyl/N-ethyl adjacent to an activating group) is 1. The third kappa shape index (κ3) is 10.6. The zero-order valence-corrected chi connectivity index (χ0v) is 40.6. The number of hydrazine groups is 1. The van der Waals surface area contributed by atoms with E-state index in [-0.39, 0.29) is 49.3 Å². The fraction of sp³-hybridized carbons (Fsp3) is 0.509. The first-order chi connectivity index (χ1) is 31.9. The van der Waals surface area contributed by atoms with Crippen molar-refractivity contribution in [3.05, 3.63) is 89.8 Å². The van der Waals surface area contributed by atoms with E-state index in [9.17, 15) is 28.4 Å². The SMILES string of the molecule is CC(C)c1ncccc1-c1c2c3cc(ccc3n1C(C)C)-c1cccc(c1)C[C@H](NC(=O)[C@H](C(C)C)N(C)C(=O)[C@H]1CCN(C(=O)/C=C/CF)C1)C(=O)N1CCC[C@H](N1)C(=O)OCC(C)(C)C2. The minimum atomic E-state index is -1.07. The summed E-state index contributed by atoms with van der Waals surface area (Å²) >= 11 is 0. The molecule has 2 saturated heterocycles. The summed E-state index contributed by atoms with van der Waals surface area (Å²) in [5.41, 5.74) is 10.9.